The van der Waals surface area contributed by atoms with Crippen LogP contribution in [0.3, 0.4) is 0 Å². The van der Waals surface area contributed by atoms with E-state index >= 15 is 0 Å². The number of hydrogen-bond acceptors (Lipinski definition) is 4. The van der Waals surface area contributed by atoms with Gasteiger partial charge in [-0.15, -0.1) is 0 Å². The summed E-state index contributed by atoms with van der Waals surface area (Å²) in [5.41, 5.74) is 1.50. The number of phenols is 1. The first-order valence-electron chi connectivity index (χ1n) is 5.48. The summed E-state index contributed by atoms with van der Waals surface area (Å²) in [4.78, 5) is 11.6. The smallest absolute Gasteiger partial charge is 0.266 e. The summed E-state index contributed by atoms with van der Waals surface area (Å²) < 4.78 is 25.1. The van der Waals surface area contributed by atoms with Gasteiger partial charge in [0.15, 0.2) is 0 Å². The van der Waals surface area contributed by atoms with E-state index < -0.39 is 15.9 Å². The minimum Gasteiger partial charge on any atom is -0.508 e. The van der Waals surface area contributed by atoms with Gasteiger partial charge in [-0.3, -0.25) is 4.79 Å². The molecule has 5 nitrogen and oxygen atoms in total. The van der Waals surface area contributed by atoms with Crippen LogP contribution >= 0.6 is 0 Å². The lowest BCUT2D eigenvalue weighted by Crippen LogP contribution is -2.20. The fourth-order valence-corrected chi connectivity index (χ4v) is 3.19. The lowest BCUT2D eigenvalue weighted by atomic mass is 10.0. The number of carbonyl (C=O) groups excluding carboxylic acids is 1. The molecule has 3 rings (SSSR count). The van der Waals surface area contributed by atoms with E-state index in [1.807, 2.05) is 4.72 Å². The topological polar surface area (TPSA) is 83.5 Å². The second kappa shape index (κ2) is 3.83. The van der Waals surface area contributed by atoms with Crippen LogP contribution in [0.2, 0.25) is 0 Å². The monoisotopic (exact) mass is 275 g/mol. The van der Waals surface area contributed by atoms with Gasteiger partial charge in [0.2, 0.25) is 0 Å². The van der Waals surface area contributed by atoms with E-state index in [4.69, 9.17) is 0 Å². The molecule has 2 aromatic rings. The van der Waals surface area contributed by atoms with E-state index in [0.29, 0.717) is 11.1 Å². The van der Waals surface area contributed by atoms with E-state index in [2.05, 4.69) is 0 Å². The summed E-state index contributed by atoms with van der Waals surface area (Å²) in [7, 11) is -3.71. The number of amides is 1. The average Bonchev–Trinajstić information content (AvgIpc) is 2.59. The van der Waals surface area contributed by atoms with Gasteiger partial charge in [-0.1, -0.05) is 18.2 Å². The predicted octanol–water partition coefficient (Wildman–Crippen LogP) is 1.49. The van der Waals surface area contributed by atoms with Crippen LogP contribution in [0, 0.1) is 0 Å². The summed E-state index contributed by atoms with van der Waals surface area (Å²) in [6.45, 7) is 0. The first-order valence-corrected chi connectivity index (χ1v) is 6.96. The van der Waals surface area contributed by atoms with Gasteiger partial charge in [0.1, 0.15) is 10.6 Å². The molecule has 2 aromatic carbocycles. The minimum absolute atomic E-state index is 0.0126. The van der Waals surface area contributed by atoms with E-state index in [9.17, 15) is 18.3 Å². The van der Waals surface area contributed by atoms with Crippen molar-refractivity contribution in [3.63, 3.8) is 0 Å². The second-order valence-corrected chi connectivity index (χ2v) is 5.85. The molecule has 96 valence electrons. The number of fused-ring (bicyclic) bond motifs is 1. The molecule has 0 saturated heterocycles. The molecular formula is C13H9NO4S. The Balaban J connectivity index is 2.18. The summed E-state index contributed by atoms with van der Waals surface area (Å²) >= 11 is 0. The Kier molecular flexibility index (Phi) is 2.36. The lowest BCUT2D eigenvalue weighted by molar-refractivity contribution is 0.0985. The molecule has 2 N–H and O–H groups in total. The standard InChI is InChI=1S/C13H9NO4S/c15-10-3-1-2-8(6-10)9-4-5-12-11(7-9)13(16)14-19(12,17)18/h1-7,15H,(H,14,16). The third kappa shape index (κ3) is 1.86. The van der Waals surface area contributed by atoms with E-state index in [1.165, 1.54) is 18.2 Å². The quantitative estimate of drug-likeness (QED) is 0.826. The molecule has 6 heteroatoms. The maximum atomic E-state index is 11.6. The van der Waals surface area contributed by atoms with Gasteiger partial charge in [0, 0.05) is 0 Å². The van der Waals surface area contributed by atoms with Crippen LogP contribution < -0.4 is 4.72 Å². The van der Waals surface area contributed by atoms with Gasteiger partial charge in [-0.2, -0.15) is 0 Å². The predicted molar refractivity (Wildman–Crippen MR) is 68.2 cm³/mol. The molecule has 1 amide bonds. The Labute approximate surface area is 109 Å². The highest BCUT2D eigenvalue weighted by Gasteiger charge is 2.32. The maximum Gasteiger partial charge on any atom is 0.266 e. The molecule has 1 heterocycles. The molecule has 0 aliphatic carbocycles. The Morgan fingerprint density at radius 2 is 1.74 bits per heavy atom. The summed E-state index contributed by atoms with van der Waals surface area (Å²) in [5.74, 6) is -0.521. The Bertz CT molecular complexity index is 796. The molecule has 0 bridgehead atoms. The Morgan fingerprint density at radius 3 is 2.47 bits per heavy atom. The molecular weight excluding hydrogens is 266 g/mol. The van der Waals surface area contributed by atoms with Gasteiger partial charge < -0.3 is 5.11 Å². The maximum absolute atomic E-state index is 11.6. The summed E-state index contributed by atoms with van der Waals surface area (Å²) in [5, 5.41) is 9.43. The molecule has 1 aliphatic rings. The number of phenolic OH excluding ortho intramolecular Hbond substituents is 1. The van der Waals surface area contributed by atoms with Crippen molar-refractivity contribution in [1.29, 1.82) is 0 Å². The molecule has 1 aliphatic heterocycles. The molecule has 0 saturated carbocycles. The van der Waals surface area contributed by atoms with Crippen molar-refractivity contribution < 1.29 is 18.3 Å². The molecule has 0 radical (unpaired) electrons. The number of rotatable bonds is 1. The van der Waals surface area contributed by atoms with Crippen molar-refractivity contribution in [3.8, 4) is 16.9 Å². The molecule has 0 atom stereocenters. The number of aromatic hydroxyl groups is 1. The van der Waals surface area contributed by atoms with Gasteiger partial charge >= 0.3 is 0 Å². The van der Waals surface area contributed by atoms with Crippen molar-refractivity contribution in [2.45, 2.75) is 4.90 Å². The van der Waals surface area contributed by atoms with Crippen LogP contribution in [0.15, 0.2) is 47.4 Å². The van der Waals surface area contributed by atoms with Gasteiger partial charge in [0.25, 0.3) is 15.9 Å². The normalized spacial score (nSPS) is 15.9. The number of nitrogens with one attached hydrogen (secondary N) is 1. The number of benzene rings is 2. The highest BCUT2D eigenvalue weighted by molar-refractivity contribution is 7.90. The van der Waals surface area contributed by atoms with Crippen LogP contribution in [0.25, 0.3) is 11.1 Å². The van der Waals surface area contributed by atoms with Crippen LogP contribution in [0.1, 0.15) is 10.4 Å². The van der Waals surface area contributed by atoms with Crippen LogP contribution in [0.5, 0.6) is 5.75 Å². The van der Waals surface area contributed by atoms with Crippen LogP contribution in [-0.4, -0.2) is 19.4 Å². The van der Waals surface area contributed by atoms with E-state index in [-0.39, 0.29) is 16.2 Å². The molecule has 0 spiro atoms. The van der Waals surface area contributed by atoms with Crippen LogP contribution in [0.4, 0.5) is 0 Å². The summed E-state index contributed by atoms with van der Waals surface area (Å²) in [6, 6.07) is 11.0. The van der Waals surface area contributed by atoms with Crippen molar-refractivity contribution >= 4 is 15.9 Å². The zero-order valence-electron chi connectivity index (χ0n) is 9.62. The van der Waals surface area contributed by atoms with Crippen molar-refractivity contribution in [2.24, 2.45) is 0 Å². The van der Waals surface area contributed by atoms with Crippen molar-refractivity contribution in [2.75, 3.05) is 0 Å². The van der Waals surface area contributed by atoms with E-state index in [1.54, 1.807) is 24.3 Å². The third-order valence-corrected chi connectivity index (χ3v) is 4.31. The number of carbonyl (C=O) groups is 1. The van der Waals surface area contributed by atoms with Gasteiger partial charge in [-0.05, 0) is 35.4 Å². The molecule has 0 aromatic heterocycles. The average molecular weight is 275 g/mol. The zero-order chi connectivity index (χ0) is 13.6. The summed E-state index contributed by atoms with van der Waals surface area (Å²) in [6.07, 6.45) is 0. The highest BCUT2D eigenvalue weighted by atomic mass is 32.2. The SMILES string of the molecule is O=C1NS(=O)(=O)c2ccc(-c3cccc(O)c3)cc21. The first-order chi connectivity index (χ1) is 8.97. The lowest BCUT2D eigenvalue weighted by Gasteiger charge is -2.03. The van der Waals surface area contributed by atoms with Crippen LogP contribution in [-0.2, 0) is 10.0 Å². The van der Waals surface area contributed by atoms with Gasteiger partial charge in [-0.25, -0.2) is 13.1 Å². The Morgan fingerprint density at radius 1 is 1.00 bits per heavy atom. The molecule has 0 fully saturated rings. The third-order valence-electron chi connectivity index (χ3n) is 2.92. The fourth-order valence-electron chi connectivity index (χ4n) is 2.04. The number of sulfonamides is 1. The van der Waals surface area contributed by atoms with Crippen molar-refractivity contribution in [3.05, 3.63) is 48.0 Å². The van der Waals surface area contributed by atoms with Crippen molar-refractivity contribution in [1.82, 2.24) is 4.72 Å². The fraction of sp³-hybridized carbons (Fsp3) is 0. The minimum atomic E-state index is -3.71. The first kappa shape index (κ1) is 11.7. The molecule has 19 heavy (non-hydrogen) atoms. The van der Waals surface area contributed by atoms with E-state index in [0.717, 1.165) is 0 Å². The highest BCUT2D eigenvalue weighted by Crippen LogP contribution is 2.29. The van der Waals surface area contributed by atoms with Gasteiger partial charge in [0.05, 0.1) is 5.56 Å². The zero-order valence-corrected chi connectivity index (χ0v) is 10.4. The number of hydrogen-bond donors (Lipinski definition) is 2. The molecule has 0 unspecified atom stereocenters. The Hall–Kier alpha value is -2.34. The largest absolute Gasteiger partial charge is 0.508 e. The second-order valence-electron chi connectivity index (χ2n) is 4.20.